The van der Waals surface area contributed by atoms with E-state index in [0.717, 1.165) is 12.8 Å². The maximum absolute atomic E-state index is 13.7. The van der Waals surface area contributed by atoms with Crippen molar-refractivity contribution >= 4 is 11.5 Å². The molecule has 0 spiro atoms. The lowest BCUT2D eigenvalue weighted by Crippen LogP contribution is -2.38. The molecule has 0 aromatic heterocycles. The fourth-order valence-electron chi connectivity index (χ4n) is 2.08. The number of hydrogen-bond donors (Lipinski definition) is 2. The molecule has 4 nitrogen and oxygen atoms in total. The number of hydrogen-bond acceptors (Lipinski definition) is 3. The first-order valence-electron chi connectivity index (χ1n) is 5.64. The molecule has 2 rings (SSSR count). The molecule has 0 heterocycles. The number of benzene rings is 1. The fraction of sp³-hybridized carbons (Fsp3) is 0.417. The van der Waals surface area contributed by atoms with Gasteiger partial charge in [-0.25, -0.2) is 4.39 Å². The average Bonchev–Trinajstić information content (AvgIpc) is 2.25. The van der Waals surface area contributed by atoms with Gasteiger partial charge < -0.3 is 15.8 Å². The molecular formula is C12H16FN3O. The highest BCUT2D eigenvalue weighted by Crippen LogP contribution is 2.31. The van der Waals surface area contributed by atoms with Crippen LogP contribution in [0.25, 0.3) is 0 Å². The Balaban J connectivity index is 2.41. The maximum Gasteiger partial charge on any atom is 0.175 e. The van der Waals surface area contributed by atoms with E-state index in [9.17, 15) is 4.39 Å². The predicted molar refractivity (Wildman–Crippen MR) is 65.0 cm³/mol. The summed E-state index contributed by atoms with van der Waals surface area (Å²) in [6, 6.07) is 5.15. The van der Waals surface area contributed by atoms with Gasteiger partial charge in [-0.15, -0.1) is 0 Å². The number of amidine groups is 1. The lowest BCUT2D eigenvalue weighted by molar-refractivity contribution is 0.318. The number of nitrogens with two attached hydrogens (primary N) is 1. The SMILES string of the molecule is CN(c1cccc(F)c1/C(N)=N/O)C1CCC1. The zero-order valence-electron chi connectivity index (χ0n) is 9.73. The Kier molecular flexibility index (Phi) is 3.17. The highest BCUT2D eigenvalue weighted by atomic mass is 19.1. The average molecular weight is 237 g/mol. The van der Waals surface area contributed by atoms with Crippen LogP contribution in [-0.2, 0) is 0 Å². The minimum Gasteiger partial charge on any atom is -0.409 e. The molecule has 1 aromatic carbocycles. The molecule has 0 unspecified atom stereocenters. The van der Waals surface area contributed by atoms with Crippen LogP contribution in [0.3, 0.4) is 0 Å². The van der Waals surface area contributed by atoms with Gasteiger partial charge in [0.2, 0.25) is 0 Å². The van der Waals surface area contributed by atoms with Crippen molar-refractivity contribution in [2.45, 2.75) is 25.3 Å². The van der Waals surface area contributed by atoms with Crippen molar-refractivity contribution in [3.63, 3.8) is 0 Å². The van der Waals surface area contributed by atoms with E-state index in [1.165, 1.54) is 12.5 Å². The number of nitrogens with zero attached hydrogens (tertiary/aromatic N) is 2. The molecule has 0 aliphatic heterocycles. The van der Waals surface area contributed by atoms with Crippen LogP contribution in [0, 0.1) is 5.82 Å². The molecule has 3 N–H and O–H groups in total. The maximum atomic E-state index is 13.7. The van der Waals surface area contributed by atoms with E-state index in [2.05, 4.69) is 5.16 Å². The van der Waals surface area contributed by atoms with Crippen LogP contribution in [-0.4, -0.2) is 24.1 Å². The second kappa shape index (κ2) is 4.61. The van der Waals surface area contributed by atoms with E-state index in [4.69, 9.17) is 10.9 Å². The van der Waals surface area contributed by atoms with Crippen LogP contribution in [0.15, 0.2) is 23.4 Å². The van der Waals surface area contributed by atoms with Gasteiger partial charge >= 0.3 is 0 Å². The number of rotatable bonds is 3. The van der Waals surface area contributed by atoms with Crippen molar-refractivity contribution in [2.24, 2.45) is 10.9 Å². The molecule has 0 amide bonds. The van der Waals surface area contributed by atoms with Crippen molar-refractivity contribution in [2.75, 3.05) is 11.9 Å². The topological polar surface area (TPSA) is 61.8 Å². The van der Waals surface area contributed by atoms with Gasteiger partial charge in [0.25, 0.3) is 0 Å². The summed E-state index contributed by atoms with van der Waals surface area (Å²) in [7, 11) is 1.91. The van der Waals surface area contributed by atoms with Crippen molar-refractivity contribution in [3.8, 4) is 0 Å². The molecule has 0 radical (unpaired) electrons. The van der Waals surface area contributed by atoms with Crippen LogP contribution >= 0.6 is 0 Å². The summed E-state index contributed by atoms with van der Waals surface area (Å²) < 4.78 is 13.7. The first-order valence-corrected chi connectivity index (χ1v) is 5.64. The first kappa shape index (κ1) is 11.7. The Labute approximate surface area is 99.5 Å². The second-order valence-electron chi connectivity index (χ2n) is 4.31. The predicted octanol–water partition coefficient (Wildman–Crippen LogP) is 1.91. The quantitative estimate of drug-likeness (QED) is 0.365. The fourth-order valence-corrected chi connectivity index (χ4v) is 2.08. The summed E-state index contributed by atoms with van der Waals surface area (Å²) >= 11 is 0. The monoisotopic (exact) mass is 237 g/mol. The number of anilines is 1. The van der Waals surface area contributed by atoms with E-state index >= 15 is 0 Å². The van der Waals surface area contributed by atoms with Crippen molar-refractivity contribution in [1.82, 2.24) is 0 Å². The molecule has 0 atom stereocenters. The van der Waals surface area contributed by atoms with Gasteiger partial charge in [0.1, 0.15) is 5.82 Å². The van der Waals surface area contributed by atoms with Crippen LogP contribution < -0.4 is 10.6 Å². The first-order chi connectivity index (χ1) is 8.15. The second-order valence-corrected chi connectivity index (χ2v) is 4.31. The van der Waals surface area contributed by atoms with Crippen LogP contribution in [0.1, 0.15) is 24.8 Å². The summed E-state index contributed by atoms with van der Waals surface area (Å²) in [4.78, 5) is 2.00. The minimum absolute atomic E-state index is 0.171. The molecule has 1 aromatic rings. The van der Waals surface area contributed by atoms with Gasteiger partial charge in [0.15, 0.2) is 5.84 Å². The zero-order chi connectivity index (χ0) is 12.4. The van der Waals surface area contributed by atoms with Gasteiger partial charge in [-0.1, -0.05) is 11.2 Å². The Bertz CT molecular complexity index is 443. The molecule has 0 saturated heterocycles. The van der Waals surface area contributed by atoms with Gasteiger partial charge in [0.05, 0.1) is 11.3 Å². The smallest absolute Gasteiger partial charge is 0.175 e. The third-order valence-electron chi connectivity index (χ3n) is 3.36. The van der Waals surface area contributed by atoms with E-state index in [1.54, 1.807) is 12.1 Å². The van der Waals surface area contributed by atoms with Gasteiger partial charge in [-0.2, -0.15) is 0 Å². The van der Waals surface area contributed by atoms with Gasteiger partial charge in [-0.05, 0) is 31.4 Å². The van der Waals surface area contributed by atoms with Crippen molar-refractivity contribution in [1.29, 1.82) is 0 Å². The largest absolute Gasteiger partial charge is 0.409 e. The molecule has 5 heteroatoms. The molecular weight excluding hydrogens is 221 g/mol. The van der Waals surface area contributed by atoms with Crippen LogP contribution in [0.5, 0.6) is 0 Å². The number of oxime groups is 1. The van der Waals surface area contributed by atoms with E-state index < -0.39 is 5.82 Å². The molecule has 1 saturated carbocycles. The minimum atomic E-state index is -0.469. The third kappa shape index (κ3) is 2.05. The summed E-state index contributed by atoms with van der Waals surface area (Å²) in [6.45, 7) is 0. The lowest BCUT2D eigenvalue weighted by atomic mass is 9.91. The Morgan fingerprint density at radius 3 is 2.76 bits per heavy atom. The summed E-state index contributed by atoms with van der Waals surface area (Å²) in [5, 5.41) is 11.6. The Morgan fingerprint density at radius 1 is 1.53 bits per heavy atom. The van der Waals surface area contributed by atoms with Crippen molar-refractivity contribution < 1.29 is 9.60 Å². The van der Waals surface area contributed by atoms with E-state index in [1.807, 2.05) is 11.9 Å². The summed E-state index contributed by atoms with van der Waals surface area (Å²) in [5.41, 5.74) is 6.37. The lowest BCUT2D eigenvalue weighted by Gasteiger charge is -2.37. The summed E-state index contributed by atoms with van der Waals surface area (Å²) in [5.74, 6) is -0.659. The molecule has 1 aliphatic carbocycles. The standard InChI is InChI=1S/C12H16FN3O/c1-16(8-4-2-5-8)10-7-3-6-9(13)11(10)12(14)15-17/h3,6-8,17H,2,4-5H2,1H3,(H2,14,15). The van der Waals surface area contributed by atoms with E-state index in [-0.39, 0.29) is 11.4 Å². The third-order valence-corrected chi connectivity index (χ3v) is 3.36. The van der Waals surface area contributed by atoms with Gasteiger partial charge in [-0.3, -0.25) is 0 Å². The highest BCUT2D eigenvalue weighted by molar-refractivity contribution is 6.02. The molecule has 0 bridgehead atoms. The normalized spacial score (nSPS) is 16.7. The van der Waals surface area contributed by atoms with Gasteiger partial charge in [0, 0.05) is 13.1 Å². The van der Waals surface area contributed by atoms with Crippen LogP contribution in [0.4, 0.5) is 10.1 Å². The Morgan fingerprint density at radius 2 is 2.24 bits per heavy atom. The Hall–Kier alpha value is -1.78. The van der Waals surface area contributed by atoms with E-state index in [0.29, 0.717) is 11.7 Å². The molecule has 92 valence electrons. The highest BCUT2D eigenvalue weighted by Gasteiger charge is 2.25. The summed E-state index contributed by atoms with van der Waals surface area (Å²) in [6.07, 6.45) is 3.40. The zero-order valence-corrected chi connectivity index (χ0v) is 9.73. The molecule has 1 aliphatic rings. The molecule has 17 heavy (non-hydrogen) atoms. The molecule has 1 fully saturated rings. The van der Waals surface area contributed by atoms with Crippen molar-refractivity contribution in [3.05, 3.63) is 29.6 Å². The number of halogens is 1. The van der Waals surface area contributed by atoms with Crippen LogP contribution in [0.2, 0.25) is 0 Å².